The number of carboxylic acids is 1. The molecule has 2 aromatic carbocycles. The largest absolute Gasteiger partial charge is 0.545 e. The smallest absolute Gasteiger partial charge is 0.138 e. The fourth-order valence-electron chi connectivity index (χ4n) is 1.98. The monoisotopic (exact) mass is 262 g/mol. The number of aromatic amines is 1. The minimum Gasteiger partial charge on any atom is -0.545 e. The van der Waals surface area contributed by atoms with Gasteiger partial charge in [0.1, 0.15) is 5.82 Å². The van der Waals surface area contributed by atoms with Gasteiger partial charge in [-0.2, -0.15) is 5.26 Å². The van der Waals surface area contributed by atoms with E-state index in [1.54, 1.807) is 30.3 Å². The molecule has 0 spiro atoms. The van der Waals surface area contributed by atoms with Crippen LogP contribution in [0.5, 0.6) is 0 Å². The van der Waals surface area contributed by atoms with Gasteiger partial charge in [0, 0.05) is 5.56 Å². The number of rotatable bonds is 2. The molecule has 0 saturated heterocycles. The molecule has 1 heterocycles. The number of fused-ring (bicyclic) bond motifs is 1. The van der Waals surface area contributed by atoms with Crippen molar-refractivity contribution in [1.82, 2.24) is 9.97 Å². The quantitative estimate of drug-likeness (QED) is 0.756. The number of nitrogens with one attached hydrogen (secondary N) is 1. The predicted octanol–water partition coefficient (Wildman–Crippen LogP) is 1.47. The van der Waals surface area contributed by atoms with E-state index in [0.29, 0.717) is 22.4 Å². The van der Waals surface area contributed by atoms with Gasteiger partial charge in [-0.3, -0.25) is 0 Å². The van der Waals surface area contributed by atoms with E-state index < -0.39 is 5.97 Å². The highest BCUT2D eigenvalue weighted by Crippen LogP contribution is 2.21. The first kappa shape index (κ1) is 11.9. The van der Waals surface area contributed by atoms with Crippen molar-refractivity contribution in [2.24, 2.45) is 0 Å². The number of carbonyl (C=O) groups excluding carboxylic acids is 1. The van der Waals surface area contributed by atoms with Crippen molar-refractivity contribution in [2.75, 3.05) is 0 Å². The summed E-state index contributed by atoms with van der Waals surface area (Å²) < 4.78 is 0. The van der Waals surface area contributed by atoms with Gasteiger partial charge in [-0.1, -0.05) is 6.07 Å². The lowest BCUT2D eigenvalue weighted by atomic mass is 10.1. The van der Waals surface area contributed by atoms with Gasteiger partial charge in [-0.05, 0) is 42.0 Å². The average molecular weight is 262 g/mol. The van der Waals surface area contributed by atoms with Crippen molar-refractivity contribution >= 4 is 17.0 Å². The molecule has 3 rings (SSSR count). The second kappa shape index (κ2) is 4.52. The van der Waals surface area contributed by atoms with Crippen LogP contribution in [0.15, 0.2) is 42.5 Å². The Bertz CT molecular complexity index is 842. The Labute approximate surface area is 114 Å². The normalized spacial score (nSPS) is 10.3. The van der Waals surface area contributed by atoms with Crippen LogP contribution in [0.1, 0.15) is 15.9 Å². The number of aromatic nitrogens is 2. The number of carbonyl (C=O) groups is 1. The summed E-state index contributed by atoms with van der Waals surface area (Å²) in [6, 6.07) is 13.6. The molecular weight excluding hydrogens is 254 g/mol. The number of aromatic carboxylic acids is 1. The Kier molecular flexibility index (Phi) is 2.70. The van der Waals surface area contributed by atoms with Gasteiger partial charge in [0.15, 0.2) is 0 Å². The average Bonchev–Trinajstić information content (AvgIpc) is 2.90. The van der Waals surface area contributed by atoms with Crippen molar-refractivity contribution in [3.8, 4) is 17.5 Å². The number of nitrogens with zero attached hydrogens (tertiary/aromatic N) is 2. The fraction of sp³-hybridized carbons (Fsp3) is 0. The molecule has 1 aromatic heterocycles. The van der Waals surface area contributed by atoms with Crippen LogP contribution in [0.25, 0.3) is 22.4 Å². The third-order valence-corrected chi connectivity index (χ3v) is 3.01. The zero-order valence-electron chi connectivity index (χ0n) is 10.3. The summed E-state index contributed by atoms with van der Waals surface area (Å²) in [6.45, 7) is 0. The van der Waals surface area contributed by atoms with Crippen LogP contribution in [0.2, 0.25) is 0 Å². The number of benzene rings is 2. The topological polar surface area (TPSA) is 92.6 Å². The Morgan fingerprint density at radius 1 is 1.20 bits per heavy atom. The molecule has 0 unspecified atom stereocenters. The molecule has 3 aromatic rings. The maximum atomic E-state index is 10.8. The highest BCUT2D eigenvalue weighted by atomic mass is 16.4. The van der Waals surface area contributed by atoms with Crippen LogP contribution < -0.4 is 5.11 Å². The summed E-state index contributed by atoms with van der Waals surface area (Å²) in [4.78, 5) is 18.3. The lowest BCUT2D eigenvalue weighted by molar-refractivity contribution is -0.255. The first-order chi connectivity index (χ1) is 9.67. The zero-order chi connectivity index (χ0) is 14.1. The van der Waals surface area contributed by atoms with E-state index in [1.165, 1.54) is 12.1 Å². The SMILES string of the molecule is N#Cc1ccc(-c2nc3ccc(C(=O)[O-])cc3[nH]2)cc1. The molecule has 5 nitrogen and oxygen atoms in total. The van der Waals surface area contributed by atoms with Gasteiger partial charge >= 0.3 is 0 Å². The number of nitriles is 1. The number of hydrogen-bond acceptors (Lipinski definition) is 4. The summed E-state index contributed by atoms with van der Waals surface area (Å²) in [6.07, 6.45) is 0. The Balaban J connectivity index is 2.08. The van der Waals surface area contributed by atoms with Crippen molar-refractivity contribution in [3.63, 3.8) is 0 Å². The molecule has 20 heavy (non-hydrogen) atoms. The molecule has 0 atom stereocenters. The highest BCUT2D eigenvalue weighted by molar-refractivity contribution is 5.91. The van der Waals surface area contributed by atoms with Gasteiger partial charge in [0.05, 0.1) is 28.6 Å². The number of H-pyrrole nitrogens is 1. The van der Waals surface area contributed by atoms with E-state index in [9.17, 15) is 9.90 Å². The molecule has 0 bridgehead atoms. The molecule has 0 amide bonds. The van der Waals surface area contributed by atoms with Gasteiger partial charge in [0.2, 0.25) is 0 Å². The Morgan fingerprint density at radius 2 is 1.95 bits per heavy atom. The third kappa shape index (κ3) is 1.99. The minimum atomic E-state index is -1.22. The lowest BCUT2D eigenvalue weighted by Gasteiger charge is -2.00. The molecule has 0 aliphatic carbocycles. The number of imidazole rings is 1. The van der Waals surface area contributed by atoms with Crippen LogP contribution in [-0.2, 0) is 0 Å². The zero-order valence-corrected chi connectivity index (χ0v) is 10.3. The van der Waals surface area contributed by atoms with E-state index in [0.717, 1.165) is 5.56 Å². The first-order valence-electron chi connectivity index (χ1n) is 5.89. The third-order valence-electron chi connectivity index (χ3n) is 3.01. The summed E-state index contributed by atoms with van der Waals surface area (Å²) in [5.41, 5.74) is 2.81. The van der Waals surface area contributed by atoms with E-state index in [2.05, 4.69) is 9.97 Å². The molecule has 0 aliphatic rings. The van der Waals surface area contributed by atoms with Gasteiger partial charge in [-0.25, -0.2) is 4.98 Å². The van der Waals surface area contributed by atoms with E-state index >= 15 is 0 Å². The van der Waals surface area contributed by atoms with Crippen molar-refractivity contribution in [2.45, 2.75) is 0 Å². The molecule has 96 valence electrons. The lowest BCUT2D eigenvalue weighted by Crippen LogP contribution is -2.21. The van der Waals surface area contributed by atoms with Gasteiger partial charge < -0.3 is 14.9 Å². The highest BCUT2D eigenvalue weighted by Gasteiger charge is 2.06. The number of carboxylic acid groups (broad SMARTS) is 1. The Morgan fingerprint density at radius 3 is 2.60 bits per heavy atom. The van der Waals surface area contributed by atoms with Gasteiger partial charge in [0.25, 0.3) is 0 Å². The Hall–Kier alpha value is -3.13. The minimum absolute atomic E-state index is 0.104. The standard InChI is InChI=1S/C15H9N3O2/c16-8-9-1-3-10(4-2-9)14-17-12-6-5-11(15(19)20)7-13(12)18-14/h1-7H,(H,17,18)(H,19,20)/p-1. The van der Waals surface area contributed by atoms with Crippen LogP contribution in [-0.4, -0.2) is 15.9 Å². The predicted molar refractivity (Wildman–Crippen MR) is 70.6 cm³/mol. The molecule has 1 N–H and O–H groups in total. The molecule has 5 heteroatoms. The first-order valence-corrected chi connectivity index (χ1v) is 5.89. The van der Waals surface area contributed by atoms with Crippen molar-refractivity contribution < 1.29 is 9.90 Å². The second-order valence-corrected chi connectivity index (χ2v) is 4.29. The van der Waals surface area contributed by atoms with Crippen molar-refractivity contribution in [1.29, 1.82) is 5.26 Å². The summed E-state index contributed by atoms with van der Waals surface area (Å²) in [5.74, 6) is -0.596. The van der Waals surface area contributed by atoms with E-state index in [1.807, 2.05) is 6.07 Å². The molecule has 0 aliphatic heterocycles. The maximum absolute atomic E-state index is 10.8. The summed E-state index contributed by atoms with van der Waals surface area (Å²) in [5, 5.41) is 19.6. The van der Waals surface area contributed by atoms with E-state index in [4.69, 9.17) is 5.26 Å². The number of hydrogen-bond donors (Lipinski definition) is 1. The second-order valence-electron chi connectivity index (χ2n) is 4.29. The van der Waals surface area contributed by atoms with Crippen molar-refractivity contribution in [3.05, 3.63) is 53.6 Å². The molecule has 0 fully saturated rings. The molecule has 0 radical (unpaired) electrons. The van der Waals surface area contributed by atoms with Crippen LogP contribution >= 0.6 is 0 Å². The maximum Gasteiger partial charge on any atom is 0.138 e. The van der Waals surface area contributed by atoms with Gasteiger partial charge in [-0.15, -0.1) is 0 Å². The summed E-state index contributed by atoms with van der Waals surface area (Å²) >= 11 is 0. The fourth-order valence-corrected chi connectivity index (χ4v) is 1.98. The van der Waals surface area contributed by atoms with Crippen LogP contribution in [0.3, 0.4) is 0 Å². The van der Waals surface area contributed by atoms with Crippen LogP contribution in [0, 0.1) is 11.3 Å². The van der Waals surface area contributed by atoms with E-state index in [-0.39, 0.29) is 5.56 Å². The molecular formula is C15H8N3O2-. The summed E-state index contributed by atoms with van der Waals surface area (Å²) in [7, 11) is 0. The van der Waals surface area contributed by atoms with Crippen LogP contribution in [0.4, 0.5) is 0 Å². The molecule has 0 saturated carbocycles.